The monoisotopic (exact) mass is 757 g/mol. The Labute approximate surface area is 284 Å². The Morgan fingerprint density at radius 1 is 0.957 bits per heavy atom. The molecule has 7 heteroatoms. The number of nitrogens with zero attached hydrogens (tertiary/aromatic N) is 1. The van der Waals surface area contributed by atoms with Crippen molar-refractivity contribution in [2.24, 2.45) is 5.41 Å². The van der Waals surface area contributed by atoms with E-state index >= 15 is 0 Å². The number of rotatable bonds is 16. The van der Waals surface area contributed by atoms with E-state index in [1.807, 2.05) is 70.2 Å². The summed E-state index contributed by atoms with van der Waals surface area (Å²) in [7, 11) is -4.01. The SMILES string of the molecule is C=CC[C@]1(C(=O)OC(C)(C)C)C/C(=[CH]\[Sn]([CH2]CCC)([CH2]CCC)[CH2]CCC)CN(S(=O)(=O)c2ccc(C)cc2)[C@H]1c1ccccc1. The van der Waals surface area contributed by atoms with Gasteiger partial charge in [-0.3, -0.25) is 0 Å². The van der Waals surface area contributed by atoms with E-state index in [1.165, 1.54) is 32.6 Å². The first-order valence-corrected chi connectivity index (χ1v) is 26.6. The van der Waals surface area contributed by atoms with Gasteiger partial charge in [0.25, 0.3) is 0 Å². The van der Waals surface area contributed by atoms with Crippen LogP contribution < -0.4 is 0 Å². The first-order chi connectivity index (χ1) is 21.8. The Morgan fingerprint density at radius 2 is 1.50 bits per heavy atom. The van der Waals surface area contributed by atoms with E-state index in [0.717, 1.165) is 36.0 Å². The molecule has 0 spiro atoms. The van der Waals surface area contributed by atoms with Gasteiger partial charge in [-0.15, -0.1) is 0 Å². The summed E-state index contributed by atoms with van der Waals surface area (Å²) in [6, 6.07) is 16.0. The molecule has 0 bridgehead atoms. The molecule has 1 aliphatic rings. The molecule has 0 aliphatic carbocycles. The fourth-order valence-corrected chi connectivity index (χ4v) is 24.3. The van der Waals surface area contributed by atoms with Gasteiger partial charge in [0.2, 0.25) is 0 Å². The van der Waals surface area contributed by atoms with Crippen molar-refractivity contribution in [2.45, 2.75) is 130 Å². The van der Waals surface area contributed by atoms with E-state index in [-0.39, 0.29) is 17.4 Å². The second-order valence-corrected chi connectivity index (χ2v) is 29.3. The van der Waals surface area contributed by atoms with Crippen molar-refractivity contribution in [1.82, 2.24) is 4.31 Å². The summed E-state index contributed by atoms with van der Waals surface area (Å²) in [5, 5.41) is 0. The Kier molecular flexibility index (Phi) is 14.2. The van der Waals surface area contributed by atoms with Crippen LogP contribution in [0.25, 0.3) is 0 Å². The van der Waals surface area contributed by atoms with Crippen molar-refractivity contribution in [3.8, 4) is 0 Å². The Bertz CT molecular complexity index is 1390. The number of sulfonamides is 1. The zero-order valence-corrected chi connectivity index (χ0v) is 33.3. The van der Waals surface area contributed by atoms with Crippen molar-refractivity contribution in [3.05, 3.63) is 88.0 Å². The summed E-state index contributed by atoms with van der Waals surface area (Å²) < 4.78 is 44.0. The van der Waals surface area contributed by atoms with Crippen LogP contribution in [0.1, 0.15) is 110 Å². The third-order valence-corrected chi connectivity index (χ3v) is 25.7. The number of hydrogen-bond acceptors (Lipinski definition) is 4. The molecule has 0 saturated carbocycles. The summed E-state index contributed by atoms with van der Waals surface area (Å²) in [6.07, 6.45) is 9.63. The molecule has 1 saturated heterocycles. The summed E-state index contributed by atoms with van der Waals surface area (Å²) in [5.74, 6) is -0.361. The van der Waals surface area contributed by atoms with Gasteiger partial charge in [0.05, 0.1) is 0 Å². The maximum atomic E-state index is 14.8. The predicted octanol–water partition coefficient (Wildman–Crippen LogP) is 10.3. The number of allylic oxidation sites excluding steroid dienone is 1. The van der Waals surface area contributed by atoms with Crippen molar-refractivity contribution < 1.29 is 17.9 Å². The maximum absolute atomic E-state index is 14.8. The molecule has 2 aromatic carbocycles. The molecule has 2 atom stereocenters. The number of hydrogen-bond donors (Lipinski definition) is 0. The van der Waals surface area contributed by atoms with Crippen LogP contribution >= 0.6 is 0 Å². The van der Waals surface area contributed by atoms with Gasteiger partial charge in [-0.1, -0.05) is 0 Å². The van der Waals surface area contributed by atoms with Gasteiger partial charge in [-0.25, -0.2) is 0 Å². The molecule has 46 heavy (non-hydrogen) atoms. The van der Waals surface area contributed by atoms with Gasteiger partial charge in [0, 0.05) is 0 Å². The molecule has 0 radical (unpaired) electrons. The molecule has 254 valence electrons. The van der Waals surface area contributed by atoms with Gasteiger partial charge >= 0.3 is 286 Å². The Hall–Kier alpha value is -1.90. The van der Waals surface area contributed by atoms with Crippen LogP contribution in [0.2, 0.25) is 13.3 Å². The molecule has 0 unspecified atom stereocenters. The molecule has 1 heterocycles. The summed E-state index contributed by atoms with van der Waals surface area (Å²) in [4.78, 5) is 14.9. The van der Waals surface area contributed by atoms with E-state index in [9.17, 15) is 13.2 Å². The second-order valence-electron chi connectivity index (χ2n) is 14.5. The standard InChI is InChI=1S/C27H32NO4S.3C4H9.Sn/c1-7-17-27(25(29)32-26(4,5)6)18-21(3)19-28(24(27)22-11-9-8-10-12-22)33(30,31)23-15-13-20(2)14-16-23;3*1-3-4-2;/h3,7-16,24H,1,17-19H2,2,4-6H3;3*1,3-4H2,2H3;/t24-,27-;;;;/m0..../s1. The third kappa shape index (κ3) is 9.59. The fourth-order valence-electron chi connectivity index (χ4n) is 7.11. The first-order valence-electron chi connectivity index (χ1n) is 17.5. The zero-order chi connectivity index (χ0) is 34.0. The summed E-state index contributed by atoms with van der Waals surface area (Å²) in [6.45, 7) is 18.8. The van der Waals surface area contributed by atoms with Crippen LogP contribution in [-0.2, 0) is 19.6 Å². The van der Waals surface area contributed by atoms with E-state index in [4.69, 9.17) is 4.74 Å². The summed E-state index contributed by atoms with van der Waals surface area (Å²) >= 11 is -2.92. The minimum absolute atomic E-state index is 0.245. The molecule has 0 aromatic heterocycles. The minimum atomic E-state index is -4.01. The average molecular weight is 757 g/mol. The molecule has 0 amide bonds. The van der Waals surface area contributed by atoms with Crippen LogP contribution in [0.15, 0.2) is 81.8 Å². The molecule has 2 aromatic rings. The van der Waals surface area contributed by atoms with Crippen molar-refractivity contribution in [2.75, 3.05) is 6.54 Å². The normalized spacial score (nSPS) is 20.5. The molecule has 1 aliphatic heterocycles. The van der Waals surface area contributed by atoms with E-state index in [0.29, 0.717) is 12.8 Å². The van der Waals surface area contributed by atoms with Crippen molar-refractivity contribution in [1.29, 1.82) is 0 Å². The number of unbranched alkanes of at least 4 members (excludes halogenated alkanes) is 3. The fraction of sp³-hybridized carbons (Fsp3) is 0.564. The van der Waals surface area contributed by atoms with Crippen molar-refractivity contribution >= 4 is 34.4 Å². The molecule has 0 N–H and O–H groups in total. The van der Waals surface area contributed by atoms with Gasteiger partial charge in [0.1, 0.15) is 0 Å². The van der Waals surface area contributed by atoms with Crippen molar-refractivity contribution in [3.63, 3.8) is 0 Å². The number of ether oxygens (including phenoxy) is 1. The van der Waals surface area contributed by atoms with Gasteiger partial charge in [-0.05, 0) is 0 Å². The molecular formula is C39H59NO4SSn. The molecule has 5 nitrogen and oxygen atoms in total. The third-order valence-electron chi connectivity index (χ3n) is 9.36. The zero-order valence-electron chi connectivity index (χ0n) is 29.6. The number of aryl methyl sites for hydroxylation is 1. The number of carbonyl (C=O) groups is 1. The topological polar surface area (TPSA) is 63.7 Å². The van der Waals surface area contributed by atoms with Crippen LogP contribution in [0.3, 0.4) is 0 Å². The number of carbonyl (C=O) groups excluding carboxylic acids is 1. The van der Waals surface area contributed by atoms with Gasteiger partial charge in [0.15, 0.2) is 0 Å². The van der Waals surface area contributed by atoms with Gasteiger partial charge < -0.3 is 0 Å². The van der Waals surface area contributed by atoms with E-state index in [2.05, 4.69) is 31.4 Å². The second kappa shape index (κ2) is 17.0. The first kappa shape index (κ1) is 38.5. The summed E-state index contributed by atoms with van der Waals surface area (Å²) in [5.41, 5.74) is 0.975. The number of esters is 1. The van der Waals surface area contributed by atoms with Crippen LogP contribution in [0.4, 0.5) is 0 Å². The van der Waals surface area contributed by atoms with E-state index in [1.54, 1.807) is 22.5 Å². The molecular weight excluding hydrogens is 697 g/mol. The van der Waals surface area contributed by atoms with Crippen LogP contribution in [0.5, 0.6) is 0 Å². The Morgan fingerprint density at radius 3 is 1.98 bits per heavy atom. The quantitative estimate of drug-likeness (QED) is 0.0972. The van der Waals surface area contributed by atoms with Crippen LogP contribution in [-0.4, -0.2) is 49.2 Å². The number of piperidine rings is 1. The predicted molar refractivity (Wildman–Crippen MR) is 195 cm³/mol. The Balaban J connectivity index is 2.39. The average Bonchev–Trinajstić information content (AvgIpc) is 3.01. The molecule has 1 fully saturated rings. The van der Waals surface area contributed by atoms with Crippen LogP contribution in [0, 0.1) is 12.3 Å². The van der Waals surface area contributed by atoms with Gasteiger partial charge in [-0.2, -0.15) is 0 Å². The number of benzene rings is 2. The molecule has 3 rings (SSSR count). The van der Waals surface area contributed by atoms with E-state index < -0.39 is 45.5 Å².